The number of aryl methyl sites for hydroxylation is 1. The lowest BCUT2D eigenvalue weighted by molar-refractivity contribution is 1.16. The minimum Gasteiger partial charge on any atom is -0.326 e. The Balaban J connectivity index is 2.07. The summed E-state index contributed by atoms with van der Waals surface area (Å²) in [6.07, 6.45) is 0. The molecular weight excluding hydrogens is 309 g/mol. The van der Waals surface area contributed by atoms with Crippen molar-refractivity contribution in [1.29, 1.82) is 0 Å². The van der Waals surface area contributed by atoms with Gasteiger partial charge in [0, 0.05) is 15.7 Å². The van der Waals surface area contributed by atoms with Gasteiger partial charge < -0.3 is 5.32 Å². The molecular formula is C15H11Cl2N3O. The van der Waals surface area contributed by atoms with Gasteiger partial charge in [-0.1, -0.05) is 35.3 Å². The van der Waals surface area contributed by atoms with E-state index in [1.807, 2.05) is 19.1 Å². The molecule has 0 saturated heterocycles. The van der Waals surface area contributed by atoms with Crippen LogP contribution in [0.25, 0.3) is 10.9 Å². The number of nitrogens with zero attached hydrogens (tertiary/aromatic N) is 1. The Kier molecular flexibility index (Phi) is 3.57. The molecule has 21 heavy (non-hydrogen) atoms. The van der Waals surface area contributed by atoms with Gasteiger partial charge in [-0.05, 0) is 36.8 Å². The van der Waals surface area contributed by atoms with Crippen LogP contribution < -0.4 is 10.9 Å². The third-order valence-electron chi connectivity index (χ3n) is 3.07. The molecule has 0 amide bonds. The molecule has 0 bridgehead atoms. The molecule has 0 atom stereocenters. The summed E-state index contributed by atoms with van der Waals surface area (Å²) >= 11 is 11.9. The molecule has 3 aromatic rings. The second-order valence-electron chi connectivity index (χ2n) is 4.67. The quantitative estimate of drug-likeness (QED) is 0.741. The van der Waals surface area contributed by atoms with Crippen LogP contribution >= 0.6 is 23.2 Å². The molecule has 4 nitrogen and oxygen atoms in total. The molecule has 106 valence electrons. The first-order valence-corrected chi connectivity index (χ1v) is 7.01. The summed E-state index contributed by atoms with van der Waals surface area (Å²) in [5, 5.41) is 4.60. The van der Waals surface area contributed by atoms with Crippen molar-refractivity contribution in [2.45, 2.75) is 6.92 Å². The van der Waals surface area contributed by atoms with Crippen molar-refractivity contribution >= 4 is 45.7 Å². The fraction of sp³-hybridized carbons (Fsp3) is 0.0667. The van der Waals surface area contributed by atoms with Crippen molar-refractivity contribution in [2.75, 3.05) is 5.32 Å². The number of aromatic amines is 1. The summed E-state index contributed by atoms with van der Waals surface area (Å²) < 4.78 is 0. The average Bonchev–Trinajstić information content (AvgIpc) is 2.36. The molecule has 0 radical (unpaired) electrons. The second-order valence-corrected chi connectivity index (χ2v) is 5.54. The Morgan fingerprint density at radius 3 is 2.57 bits per heavy atom. The van der Waals surface area contributed by atoms with E-state index in [9.17, 15) is 4.79 Å². The maximum absolute atomic E-state index is 12.2. The zero-order valence-corrected chi connectivity index (χ0v) is 12.6. The Morgan fingerprint density at radius 1 is 1.14 bits per heavy atom. The van der Waals surface area contributed by atoms with E-state index in [4.69, 9.17) is 23.2 Å². The number of fused-ring (bicyclic) bond motifs is 1. The van der Waals surface area contributed by atoms with Crippen LogP contribution in [0.3, 0.4) is 0 Å². The van der Waals surface area contributed by atoms with Crippen LogP contribution in [0.2, 0.25) is 10.0 Å². The molecule has 0 aliphatic carbocycles. The number of hydrogen-bond donors (Lipinski definition) is 2. The number of aromatic nitrogens is 2. The highest BCUT2D eigenvalue weighted by Crippen LogP contribution is 2.24. The molecule has 0 aliphatic rings. The topological polar surface area (TPSA) is 57.8 Å². The second kappa shape index (κ2) is 5.39. The van der Waals surface area contributed by atoms with E-state index in [-0.39, 0.29) is 5.56 Å². The highest BCUT2D eigenvalue weighted by Gasteiger charge is 2.07. The SMILES string of the molecule is Cc1cccc2nc(Nc3cc(Cl)cc(Cl)c3)[nH]c(=O)c12. The smallest absolute Gasteiger partial charge is 0.260 e. The van der Waals surface area contributed by atoms with E-state index in [1.165, 1.54) is 0 Å². The van der Waals surface area contributed by atoms with E-state index in [0.717, 1.165) is 5.56 Å². The van der Waals surface area contributed by atoms with Crippen molar-refractivity contribution < 1.29 is 0 Å². The van der Waals surface area contributed by atoms with E-state index < -0.39 is 0 Å². The third-order valence-corrected chi connectivity index (χ3v) is 3.50. The van der Waals surface area contributed by atoms with Crippen molar-refractivity contribution in [3.8, 4) is 0 Å². The van der Waals surface area contributed by atoms with Crippen LogP contribution in [-0.4, -0.2) is 9.97 Å². The molecule has 1 heterocycles. The fourth-order valence-electron chi connectivity index (χ4n) is 2.18. The molecule has 0 unspecified atom stereocenters. The summed E-state index contributed by atoms with van der Waals surface area (Å²) in [4.78, 5) is 19.3. The average molecular weight is 320 g/mol. The Labute approximate surface area is 130 Å². The van der Waals surface area contributed by atoms with Crippen LogP contribution in [0, 0.1) is 6.92 Å². The summed E-state index contributed by atoms with van der Waals surface area (Å²) in [5.74, 6) is 0.344. The molecule has 0 fully saturated rings. The number of benzene rings is 2. The lowest BCUT2D eigenvalue weighted by Crippen LogP contribution is -2.12. The number of halogens is 2. The maximum atomic E-state index is 12.2. The van der Waals surface area contributed by atoms with Gasteiger partial charge in [-0.15, -0.1) is 0 Å². The van der Waals surface area contributed by atoms with E-state index in [0.29, 0.717) is 32.6 Å². The van der Waals surface area contributed by atoms with Crippen molar-refractivity contribution in [3.63, 3.8) is 0 Å². The van der Waals surface area contributed by atoms with Gasteiger partial charge in [0.1, 0.15) is 0 Å². The van der Waals surface area contributed by atoms with Crippen LogP contribution in [-0.2, 0) is 0 Å². The molecule has 0 aliphatic heterocycles. The molecule has 0 spiro atoms. The molecule has 2 aromatic carbocycles. The van der Waals surface area contributed by atoms with Crippen LogP contribution in [0.4, 0.5) is 11.6 Å². The first-order chi connectivity index (χ1) is 10.0. The van der Waals surface area contributed by atoms with Crippen molar-refractivity contribution in [1.82, 2.24) is 9.97 Å². The van der Waals surface area contributed by atoms with Gasteiger partial charge in [-0.25, -0.2) is 4.98 Å². The summed E-state index contributed by atoms with van der Waals surface area (Å²) in [5.41, 5.74) is 1.99. The van der Waals surface area contributed by atoms with Gasteiger partial charge in [0.2, 0.25) is 5.95 Å². The Morgan fingerprint density at radius 2 is 1.86 bits per heavy atom. The fourth-order valence-corrected chi connectivity index (χ4v) is 2.71. The number of hydrogen-bond acceptors (Lipinski definition) is 3. The Bertz CT molecular complexity index is 869. The van der Waals surface area contributed by atoms with E-state index >= 15 is 0 Å². The van der Waals surface area contributed by atoms with Gasteiger partial charge in [-0.3, -0.25) is 9.78 Å². The van der Waals surface area contributed by atoms with Gasteiger partial charge >= 0.3 is 0 Å². The highest BCUT2D eigenvalue weighted by molar-refractivity contribution is 6.35. The zero-order valence-electron chi connectivity index (χ0n) is 11.1. The van der Waals surface area contributed by atoms with Crippen molar-refractivity contribution in [3.05, 3.63) is 62.4 Å². The van der Waals surface area contributed by atoms with Crippen LogP contribution in [0.15, 0.2) is 41.2 Å². The Hall–Kier alpha value is -2.04. The molecule has 0 saturated carbocycles. The monoisotopic (exact) mass is 319 g/mol. The highest BCUT2D eigenvalue weighted by atomic mass is 35.5. The molecule has 2 N–H and O–H groups in total. The number of anilines is 2. The zero-order chi connectivity index (χ0) is 15.0. The minimum atomic E-state index is -0.186. The van der Waals surface area contributed by atoms with Crippen molar-refractivity contribution in [2.24, 2.45) is 0 Å². The van der Waals surface area contributed by atoms with Crippen LogP contribution in [0.5, 0.6) is 0 Å². The molecule has 3 rings (SSSR count). The standard InChI is InChI=1S/C15H11Cl2N3O/c1-8-3-2-4-12-13(8)14(21)20-15(19-12)18-11-6-9(16)5-10(17)7-11/h2-7H,1H3,(H2,18,19,20,21). The lowest BCUT2D eigenvalue weighted by atomic mass is 10.1. The third kappa shape index (κ3) is 2.86. The first-order valence-electron chi connectivity index (χ1n) is 6.26. The number of H-pyrrole nitrogens is 1. The maximum Gasteiger partial charge on any atom is 0.260 e. The number of rotatable bonds is 2. The van der Waals surface area contributed by atoms with Gasteiger partial charge in [-0.2, -0.15) is 0 Å². The van der Waals surface area contributed by atoms with Crippen LogP contribution in [0.1, 0.15) is 5.56 Å². The van der Waals surface area contributed by atoms with E-state index in [2.05, 4.69) is 15.3 Å². The predicted octanol–water partition coefficient (Wildman–Crippen LogP) is 4.28. The molecule has 1 aromatic heterocycles. The summed E-state index contributed by atoms with van der Waals surface area (Å²) in [7, 11) is 0. The van der Waals surface area contributed by atoms with E-state index in [1.54, 1.807) is 24.3 Å². The van der Waals surface area contributed by atoms with Gasteiger partial charge in [0.25, 0.3) is 5.56 Å². The van der Waals surface area contributed by atoms with Gasteiger partial charge in [0.15, 0.2) is 0 Å². The largest absolute Gasteiger partial charge is 0.326 e. The number of nitrogens with one attached hydrogen (secondary N) is 2. The predicted molar refractivity (Wildman–Crippen MR) is 86.8 cm³/mol. The molecule has 6 heteroatoms. The first kappa shape index (κ1) is 13.9. The van der Waals surface area contributed by atoms with Gasteiger partial charge in [0.05, 0.1) is 10.9 Å². The minimum absolute atomic E-state index is 0.186. The lowest BCUT2D eigenvalue weighted by Gasteiger charge is -2.08. The summed E-state index contributed by atoms with van der Waals surface area (Å²) in [6.45, 7) is 1.88. The normalized spacial score (nSPS) is 10.8. The summed E-state index contributed by atoms with van der Waals surface area (Å²) in [6, 6.07) is 10.6.